The maximum absolute atomic E-state index is 11.8. The lowest BCUT2D eigenvalue weighted by Gasteiger charge is -2.22. The molecule has 1 aliphatic carbocycles. The van der Waals surface area contributed by atoms with Gasteiger partial charge in [0.2, 0.25) is 5.91 Å². The van der Waals surface area contributed by atoms with E-state index in [1.165, 1.54) is 0 Å². The number of nitrogens with zero attached hydrogens (tertiary/aromatic N) is 2. The number of hydrogen-bond donors (Lipinski definition) is 2. The molecule has 1 heterocycles. The predicted octanol–water partition coefficient (Wildman–Crippen LogP) is 1.11. The van der Waals surface area contributed by atoms with Gasteiger partial charge in [0.25, 0.3) is 0 Å². The molecule has 0 aliphatic heterocycles. The summed E-state index contributed by atoms with van der Waals surface area (Å²) in [4.78, 5) is 17.7. The average molecular weight is 263 g/mol. The van der Waals surface area contributed by atoms with Gasteiger partial charge in [-0.1, -0.05) is 6.42 Å². The van der Waals surface area contributed by atoms with Crippen LogP contribution < -0.4 is 5.32 Å². The van der Waals surface area contributed by atoms with Crippen LogP contribution in [0.1, 0.15) is 19.3 Å². The fraction of sp³-hybridized carbons (Fsp3) is 0.571. The molecule has 2 atom stereocenters. The van der Waals surface area contributed by atoms with Gasteiger partial charge in [-0.05, 0) is 37.9 Å². The Morgan fingerprint density at radius 2 is 2.21 bits per heavy atom. The second kappa shape index (κ2) is 6.63. The fourth-order valence-electron chi connectivity index (χ4n) is 2.58. The van der Waals surface area contributed by atoms with Crippen molar-refractivity contribution in [1.29, 1.82) is 0 Å². The number of hydrogen-bond acceptors (Lipinski definition) is 4. The lowest BCUT2D eigenvalue weighted by molar-refractivity contribution is -0.117. The van der Waals surface area contributed by atoms with E-state index in [0.717, 1.165) is 31.5 Å². The van der Waals surface area contributed by atoms with E-state index >= 15 is 0 Å². The number of carbonyl (C=O) groups is 1. The molecule has 0 bridgehead atoms. The van der Waals surface area contributed by atoms with Crippen molar-refractivity contribution in [2.75, 3.05) is 25.5 Å². The van der Waals surface area contributed by atoms with Gasteiger partial charge >= 0.3 is 0 Å². The molecule has 0 spiro atoms. The number of aromatic nitrogens is 1. The zero-order chi connectivity index (χ0) is 13.7. The molecule has 1 saturated carbocycles. The summed E-state index contributed by atoms with van der Waals surface area (Å²) in [5, 5.41) is 12.6. The van der Waals surface area contributed by atoms with Crippen LogP contribution in [0, 0.1) is 5.92 Å². The van der Waals surface area contributed by atoms with Gasteiger partial charge in [-0.3, -0.25) is 14.7 Å². The van der Waals surface area contributed by atoms with Crippen molar-refractivity contribution in [3.05, 3.63) is 24.5 Å². The van der Waals surface area contributed by atoms with Crippen molar-refractivity contribution in [1.82, 2.24) is 9.88 Å². The molecular formula is C14H21N3O2. The molecule has 0 saturated heterocycles. The Morgan fingerprint density at radius 1 is 1.47 bits per heavy atom. The number of rotatable bonds is 5. The molecule has 1 aromatic heterocycles. The number of amides is 1. The van der Waals surface area contributed by atoms with E-state index in [9.17, 15) is 9.90 Å². The van der Waals surface area contributed by atoms with Crippen LogP contribution in [0.2, 0.25) is 0 Å². The second-order valence-electron chi connectivity index (χ2n) is 5.24. The topological polar surface area (TPSA) is 65.5 Å². The lowest BCUT2D eigenvalue weighted by atomic mass is 10.1. The number of anilines is 1. The largest absolute Gasteiger partial charge is 0.393 e. The predicted molar refractivity (Wildman–Crippen MR) is 73.7 cm³/mol. The Bertz CT molecular complexity index is 410. The van der Waals surface area contributed by atoms with E-state index in [4.69, 9.17) is 0 Å². The molecule has 104 valence electrons. The second-order valence-corrected chi connectivity index (χ2v) is 5.24. The molecule has 2 unspecified atom stereocenters. The molecule has 0 radical (unpaired) electrons. The van der Waals surface area contributed by atoms with Crippen molar-refractivity contribution >= 4 is 11.6 Å². The summed E-state index contributed by atoms with van der Waals surface area (Å²) >= 11 is 0. The average Bonchev–Trinajstić information content (AvgIpc) is 2.76. The molecule has 1 fully saturated rings. The van der Waals surface area contributed by atoms with Gasteiger partial charge in [-0.2, -0.15) is 0 Å². The van der Waals surface area contributed by atoms with Gasteiger partial charge in [-0.15, -0.1) is 0 Å². The minimum absolute atomic E-state index is 0.0406. The molecule has 5 nitrogen and oxygen atoms in total. The summed E-state index contributed by atoms with van der Waals surface area (Å²) in [5.74, 6) is 0.264. The first-order valence-corrected chi connectivity index (χ1v) is 6.71. The molecule has 19 heavy (non-hydrogen) atoms. The van der Waals surface area contributed by atoms with Crippen LogP contribution in [-0.4, -0.2) is 47.1 Å². The summed E-state index contributed by atoms with van der Waals surface area (Å²) in [5.41, 5.74) is 0.759. The van der Waals surface area contributed by atoms with Crippen molar-refractivity contribution < 1.29 is 9.90 Å². The van der Waals surface area contributed by atoms with Gasteiger partial charge in [-0.25, -0.2) is 0 Å². The van der Waals surface area contributed by atoms with Crippen LogP contribution in [-0.2, 0) is 4.79 Å². The smallest absolute Gasteiger partial charge is 0.238 e. The van der Waals surface area contributed by atoms with E-state index in [0.29, 0.717) is 12.5 Å². The van der Waals surface area contributed by atoms with Crippen LogP contribution in [0.25, 0.3) is 0 Å². The molecule has 1 amide bonds. The monoisotopic (exact) mass is 263 g/mol. The first kappa shape index (κ1) is 14.0. The van der Waals surface area contributed by atoms with Crippen LogP contribution in [0.5, 0.6) is 0 Å². The number of carbonyl (C=O) groups excluding carboxylic acids is 1. The highest BCUT2D eigenvalue weighted by atomic mass is 16.3. The Morgan fingerprint density at radius 3 is 2.84 bits per heavy atom. The van der Waals surface area contributed by atoms with Gasteiger partial charge in [0.1, 0.15) is 0 Å². The molecule has 2 N–H and O–H groups in total. The normalized spacial score (nSPS) is 22.7. The minimum atomic E-state index is -0.203. The molecular weight excluding hydrogens is 242 g/mol. The van der Waals surface area contributed by atoms with Crippen LogP contribution >= 0.6 is 0 Å². The Labute approximate surface area is 113 Å². The van der Waals surface area contributed by atoms with Crippen LogP contribution in [0.15, 0.2) is 24.5 Å². The summed E-state index contributed by atoms with van der Waals surface area (Å²) in [7, 11) is 1.91. The summed E-state index contributed by atoms with van der Waals surface area (Å²) in [6, 6.07) is 3.53. The highest BCUT2D eigenvalue weighted by molar-refractivity contribution is 5.92. The molecule has 1 aromatic rings. The lowest BCUT2D eigenvalue weighted by Crippen LogP contribution is -2.35. The van der Waals surface area contributed by atoms with E-state index < -0.39 is 0 Å². The highest BCUT2D eigenvalue weighted by Crippen LogP contribution is 2.25. The first-order chi connectivity index (χ1) is 9.15. The third kappa shape index (κ3) is 4.29. The quantitative estimate of drug-likeness (QED) is 0.835. The maximum Gasteiger partial charge on any atom is 0.238 e. The highest BCUT2D eigenvalue weighted by Gasteiger charge is 2.26. The fourth-order valence-corrected chi connectivity index (χ4v) is 2.58. The van der Waals surface area contributed by atoms with Gasteiger partial charge in [0.05, 0.1) is 12.6 Å². The number of aliphatic hydroxyl groups excluding tert-OH is 1. The third-order valence-electron chi connectivity index (χ3n) is 3.54. The zero-order valence-electron chi connectivity index (χ0n) is 11.2. The Hall–Kier alpha value is -1.46. The molecule has 2 rings (SSSR count). The zero-order valence-corrected chi connectivity index (χ0v) is 11.2. The van der Waals surface area contributed by atoms with Crippen molar-refractivity contribution in [3.63, 3.8) is 0 Å². The number of pyridine rings is 1. The summed E-state index contributed by atoms with van der Waals surface area (Å²) in [6.45, 7) is 1.11. The molecule has 1 aliphatic rings. The van der Waals surface area contributed by atoms with Gasteiger partial charge in [0.15, 0.2) is 0 Å². The van der Waals surface area contributed by atoms with Crippen molar-refractivity contribution in [3.8, 4) is 0 Å². The van der Waals surface area contributed by atoms with Crippen LogP contribution in [0.4, 0.5) is 5.69 Å². The van der Waals surface area contributed by atoms with E-state index in [2.05, 4.69) is 10.3 Å². The maximum atomic E-state index is 11.8. The van der Waals surface area contributed by atoms with Gasteiger partial charge in [0, 0.05) is 24.6 Å². The standard InChI is InChI=1S/C14H21N3O2/c1-17(9-11-3-2-4-13(11)18)10-14(19)16-12-5-7-15-8-6-12/h5-8,11,13,18H,2-4,9-10H2,1H3,(H,15,16,19). The van der Waals surface area contributed by atoms with E-state index in [1.54, 1.807) is 24.5 Å². The SMILES string of the molecule is CN(CC(=O)Nc1ccncc1)CC1CCCC1O. The molecule has 0 aromatic carbocycles. The van der Waals surface area contributed by atoms with E-state index in [-0.39, 0.29) is 12.0 Å². The molecule has 5 heteroatoms. The summed E-state index contributed by atoms with van der Waals surface area (Å²) < 4.78 is 0. The summed E-state index contributed by atoms with van der Waals surface area (Å²) in [6.07, 6.45) is 6.12. The Kier molecular flexibility index (Phi) is 4.87. The van der Waals surface area contributed by atoms with Crippen molar-refractivity contribution in [2.45, 2.75) is 25.4 Å². The number of likely N-dealkylation sites (N-methyl/N-ethyl adjacent to an activating group) is 1. The van der Waals surface area contributed by atoms with Crippen molar-refractivity contribution in [2.24, 2.45) is 5.92 Å². The minimum Gasteiger partial charge on any atom is -0.393 e. The van der Waals surface area contributed by atoms with Crippen LogP contribution in [0.3, 0.4) is 0 Å². The Balaban J connectivity index is 1.75. The first-order valence-electron chi connectivity index (χ1n) is 6.71. The number of aliphatic hydroxyl groups is 1. The third-order valence-corrected chi connectivity index (χ3v) is 3.54. The van der Waals surface area contributed by atoms with E-state index in [1.807, 2.05) is 11.9 Å². The number of nitrogens with one attached hydrogen (secondary N) is 1. The van der Waals surface area contributed by atoms with Gasteiger partial charge < -0.3 is 10.4 Å².